The predicted octanol–water partition coefficient (Wildman–Crippen LogP) is 1.42. The lowest BCUT2D eigenvalue weighted by Gasteiger charge is -2.24. The summed E-state index contributed by atoms with van der Waals surface area (Å²) in [6.07, 6.45) is 2.56. The van der Waals surface area contributed by atoms with Crippen LogP contribution in [0, 0.1) is 0 Å². The Balaban J connectivity index is 1.61. The van der Waals surface area contributed by atoms with Crippen molar-refractivity contribution in [1.82, 2.24) is 9.80 Å². The molecule has 20 heavy (non-hydrogen) atoms. The first-order valence-corrected chi connectivity index (χ1v) is 7.51. The Morgan fingerprint density at radius 3 is 2.55 bits per heavy atom. The van der Waals surface area contributed by atoms with Gasteiger partial charge in [-0.25, -0.2) is 0 Å². The molecule has 2 heterocycles. The second-order valence-electron chi connectivity index (χ2n) is 5.78. The molecule has 2 saturated heterocycles. The smallest absolute Gasteiger partial charge is 0.256 e. The normalized spacial score (nSPS) is 25.1. The van der Waals surface area contributed by atoms with E-state index < -0.39 is 6.10 Å². The lowest BCUT2D eigenvalue weighted by atomic mass is 10.1. The van der Waals surface area contributed by atoms with Crippen LogP contribution in [-0.4, -0.2) is 53.0 Å². The highest BCUT2D eigenvalue weighted by Crippen LogP contribution is 2.23. The second kappa shape index (κ2) is 5.94. The summed E-state index contributed by atoms with van der Waals surface area (Å²) in [7, 11) is 0. The van der Waals surface area contributed by atoms with E-state index in [1.165, 1.54) is 12.8 Å². The highest BCUT2D eigenvalue weighted by molar-refractivity contribution is 5.82. The van der Waals surface area contributed by atoms with Gasteiger partial charge in [-0.15, -0.1) is 0 Å². The third-order valence-corrected chi connectivity index (χ3v) is 4.48. The molecule has 0 aromatic heterocycles. The lowest BCUT2D eigenvalue weighted by molar-refractivity contribution is -0.139. The van der Waals surface area contributed by atoms with Gasteiger partial charge in [0.25, 0.3) is 5.91 Å². The van der Waals surface area contributed by atoms with E-state index in [0.29, 0.717) is 11.6 Å². The Morgan fingerprint density at radius 2 is 1.85 bits per heavy atom. The number of hydrogen-bond donors (Lipinski definition) is 1. The van der Waals surface area contributed by atoms with Gasteiger partial charge >= 0.3 is 0 Å². The van der Waals surface area contributed by atoms with Crippen molar-refractivity contribution in [3.05, 3.63) is 35.9 Å². The Morgan fingerprint density at radius 1 is 1.15 bits per heavy atom. The zero-order chi connectivity index (χ0) is 13.9. The first-order chi connectivity index (χ1) is 9.75. The van der Waals surface area contributed by atoms with E-state index in [1.807, 2.05) is 23.1 Å². The van der Waals surface area contributed by atoms with Crippen LogP contribution in [-0.2, 0) is 4.79 Å². The van der Waals surface area contributed by atoms with Gasteiger partial charge in [0.1, 0.15) is 0 Å². The Labute approximate surface area is 120 Å². The van der Waals surface area contributed by atoms with Gasteiger partial charge in [-0.1, -0.05) is 30.3 Å². The van der Waals surface area contributed by atoms with E-state index >= 15 is 0 Å². The molecular formula is C16H22N2O2. The number of carbonyl (C=O) groups is 1. The minimum absolute atomic E-state index is 0.155. The summed E-state index contributed by atoms with van der Waals surface area (Å²) in [6, 6.07) is 9.68. The first kappa shape index (κ1) is 13.6. The highest BCUT2D eigenvalue weighted by Gasteiger charge is 2.34. The van der Waals surface area contributed by atoms with Crippen molar-refractivity contribution in [2.45, 2.75) is 31.4 Å². The fraction of sp³-hybridized carbons (Fsp3) is 0.562. The number of nitrogens with zero attached hydrogens (tertiary/aromatic N) is 2. The summed E-state index contributed by atoms with van der Waals surface area (Å²) in [6.45, 7) is 3.86. The first-order valence-electron chi connectivity index (χ1n) is 7.51. The minimum atomic E-state index is -1.02. The topological polar surface area (TPSA) is 43.8 Å². The van der Waals surface area contributed by atoms with Crippen LogP contribution in [0.1, 0.15) is 30.9 Å². The summed E-state index contributed by atoms with van der Waals surface area (Å²) >= 11 is 0. The molecule has 2 aliphatic heterocycles. The van der Waals surface area contributed by atoms with Gasteiger partial charge in [-0.05, 0) is 37.9 Å². The van der Waals surface area contributed by atoms with Crippen LogP contribution in [0.25, 0.3) is 0 Å². The molecule has 2 atom stereocenters. The maximum atomic E-state index is 12.4. The highest BCUT2D eigenvalue weighted by atomic mass is 16.3. The molecule has 0 bridgehead atoms. The molecule has 3 rings (SSSR count). The molecule has 1 aromatic carbocycles. The molecule has 0 aliphatic carbocycles. The fourth-order valence-electron chi connectivity index (χ4n) is 3.30. The largest absolute Gasteiger partial charge is 0.378 e. The molecule has 108 valence electrons. The second-order valence-corrected chi connectivity index (χ2v) is 5.78. The van der Waals surface area contributed by atoms with Crippen molar-refractivity contribution >= 4 is 5.91 Å². The monoisotopic (exact) mass is 274 g/mol. The van der Waals surface area contributed by atoms with E-state index in [9.17, 15) is 9.90 Å². The average Bonchev–Trinajstić information content (AvgIpc) is 3.17. The van der Waals surface area contributed by atoms with Crippen LogP contribution < -0.4 is 0 Å². The van der Waals surface area contributed by atoms with Crippen molar-refractivity contribution in [2.75, 3.05) is 26.2 Å². The maximum Gasteiger partial charge on any atom is 0.256 e. The van der Waals surface area contributed by atoms with Crippen molar-refractivity contribution < 1.29 is 9.90 Å². The maximum absolute atomic E-state index is 12.4. The summed E-state index contributed by atoms with van der Waals surface area (Å²) in [5.41, 5.74) is 0.683. The van der Waals surface area contributed by atoms with Crippen molar-refractivity contribution in [3.63, 3.8) is 0 Å². The lowest BCUT2D eigenvalue weighted by Crippen LogP contribution is -2.38. The van der Waals surface area contributed by atoms with Crippen LogP contribution in [0.5, 0.6) is 0 Å². The SMILES string of the molecule is O=C(C(O)c1ccccc1)N1CCC(N2CCCC2)C1. The quantitative estimate of drug-likeness (QED) is 0.906. The summed E-state index contributed by atoms with van der Waals surface area (Å²) < 4.78 is 0. The van der Waals surface area contributed by atoms with Crippen LogP contribution >= 0.6 is 0 Å². The number of aliphatic hydroxyl groups excluding tert-OH is 1. The average molecular weight is 274 g/mol. The molecule has 4 heteroatoms. The number of rotatable bonds is 3. The van der Waals surface area contributed by atoms with E-state index in [1.54, 1.807) is 12.1 Å². The number of carbonyl (C=O) groups excluding carboxylic acids is 1. The van der Waals surface area contributed by atoms with Gasteiger partial charge in [0.05, 0.1) is 0 Å². The van der Waals surface area contributed by atoms with E-state index in [2.05, 4.69) is 4.90 Å². The van der Waals surface area contributed by atoms with Gasteiger partial charge < -0.3 is 10.0 Å². The fourth-order valence-corrected chi connectivity index (χ4v) is 3.30. The molecule has 0 radical (unpaired) electrons. The molecule has 2 unspecified atom stereocenters. The summed E-state index contributed by atoms with van der Waals surface area (Å²) in [4.78, 5) is 16.7. The number of likely N-dealkylation sites (tertiary alicyclic amines) is 2. The van der Waals surface area contributed by atoms with Crippen molar-refractivity contribution in [3.8, 4) is 0 Å². The molecule has 1 aromatic rings. The van der Waals surface area contributed by atoms with Crippen molar-refractivity contribution in [1.29, 1.82) is 0 Å². The van der Waals surface area contributed by atoms with Gasteiger partial charge in [-0.3, -0.25) is 9.69 Å². The number of hydrogen-bond acceptors (Lipinski definition) is 3. The number of benzene rings is 1. The molecule has 1 amide bonds. The third-order valence-electron chi connectivity index (χ3n) is 4.48. The molecule has 0 spiro atoms. The summed E-state index contributed by atoms with van der Waals surface area (Å²) in [5, 5.41) is 10.2. The molecule has 4 nitrogen and oxygen atoms in total. The molecule has 2 aliphatic rings. The zero-order valence-electron chi connectivity index (χ0n) is 11.7. The van der Waals surface area contributed by atoms with Gasteiger partial charge in [0.2, 0.25) is 0 Å². The zero-order valence-corrected chi connectivity index (χ0v) is 11.7. The molecule has 2 fully saturated rings. The van der Waals surface area contributed by atoms with Crippen LogP contribution in [0.2, 0.25) is 0 Å². The Kier molecular flexibility index (Phi) is 4.03. The molecular weight excluding hydrogens is 252 g/mol. The molecule has 0 saturated carbocycles. The number of amides is 1. The van der Waals surface area contributed by atoms with Crippen LogP contribution in [0.15, 0.2) is 30.3 Å². The van der Waals surface area contributed by atoms with Gasteiger partial charge in [0.15, 0.2) is 6.10 Å². The Bertz CT molecular complexity index is 457. The minimum Gasteiger partial charge on any atom is -0.378 e. The third kappa shape index (κ3) is 2.72. The van der Waals surface area contributed by atoms with E-state index in [0.717, 1.165) is 32.6 Å². The van der Waals surface area contributed by atoms with Crippen molar-refractivity contribution in [2.24, 2.45) is 0 Å². The predicted molar refractivity (Wildman–Crippen MR) is 77.2 cm³/mol. The summed E-state index contributed by atoms with van der Waals surface area (Å²) in [5.74, 6) is -0.155. The molecule has 1 N–H and O–H groups in total. The van der Waals surface area contributed by atoms with Crippen LogP contribution in [0.3, 0.4) is 0 Å². The Hall–Kier alpha value is -1.39. The van der Waals surface area contributed by atoms with Gasteiger partial charge in [-0.2, -0.15) is 0 Å². The van der Waals surface area contributed by atoms with Gasteiger partial charge in [0, 0.05) is 19.1 Å². The number of aliphatic hydroxyl groups is 1. The standard InChI is InChI=1S/C16H22N2O2/c19-15(13-6-2-1-3-7-13)16(20)18-11-8-14(12-18)17-9-4-5-10-17/h1-3,6-7,14-15,19H,4-5,8-12H2. The van der Waals surface area contributed by atoms with Crippen LogP contribution in [0.4, 0.5) is 0 Å². The van der Waals surface area contributed by atoms with E-state index in [4.69, 9.17) is 0 Å². The van der Waals surface area contributed by atoms with E-state index in [-0.39, 0.29) is 5.91 Å².